The molecule has 0 aliphatic heterocycles. The Hall–Kier alpha value is -3.92. The molecule has 2 aromatic carbocycles. The minimum absolute atomic E-state index is 0.153. The van der Waals surface area contributed by atoms with Crippen LogP contribution in [0.15, 0.2) is 60.0 Å². The van der Waals surface area contributed by atoms with Gasteiger partial charge in [0.1, 0.15) is 5.82 Å². The highest BCUT2D eigenvalue weighted by Crippen LogP contribution is 2.25. The molecule has 1 heterocycles. The Morgan fingerprint density at radius 1 is 1.20 bits per heavy atom. The number of ether oxygens (including phenoxy) is 1. The van der Waals surface area contributed by atoms with Crippen LogP contribution in [0.1, 0.15) is 5.56 Å². The zero-order chi connectivity index (χ0) is 21.5. The molecule has 0 radical (unpaired) electrons. The fraction of sp³-hybridized carbons (Fsp3) is 0.0500. The Kier molecular flexibility index (Phi) is 6.60. The molecule has 8 nitrogen and oxygen atoms in total. The Morgan fingerprint density at radius 2 is 1.93 bits per heavy atom. The largest absolute Gasteiger partial charge is 0.452 e. The van der Waals surface area contributed by atoms with Crippen molar-refractivity contribution in [2.75, 3.05) is 11.9 Å². The number of anilines is 1. The lowest BCUT2D eigenvalue weighted by molar-refractivity contribution is -0.385. The van der Waals surface area contributed by atoms with E-state index in [-0.39, 0.29) is 17.1 Å². The molecule has 0 spiro atoms. The number of halogens is 1. The summed E-state index contributed by atoms with van der Waals surface area (Å²) in [4.78, 5) is 38.3. The third-order valence-electron chi connectivity index (χ3n) is 3.77. The second-order valence-electron chi connectivity index (χ2n) is 5.85. The van der Waals surface area contributed by atoms with Crippen LogP contribution in [0.4, 0.5) is 15.2 Å². The number of esters is 1. The smallest absolute Gasteiger partial charge is 0.331 e. The summed E-state index contributed by atoms with van der Waals surface area (Å²) in [6.07, 6.45) is 2.25. The Bertz CT molecular complexity index is 1110. The van der Waals surface area contributed by atoms with Gasteiger partial charge in [0.25, 0.3) is 11.6 Å². The van der Waals surface area contributed by atoms with E-state index in [9.17, 15) is 24.1 Å². The molecule has 3 rings (SSSR count). The number of aromatic nitrogens is 1. The molecule has 1 N–H and O–H groups in total. The Morgan fingerprint density at radius 3 is 2.67 bits per heavy atom. The predicted molar refractivity (Wildman–Crippen MR) is 109 cm³/mol. The first-order valence-electron chi connectivity index (χ1n) is 8.52. The molecule has 0 saturated heterocycles. The lowest BCUT2D eigenvalue weighted by Gasteiger charge is -2.02. The second kappa shape index (κ2) is 9.52. The SMILES string of the molecule is O=C(COC(=O)C=Cc1ccccc1[N+](=O)[O-])Nc1nc(-c2ccc(F)cc2)cs1. The highest BCUT2D eigenvalue weighted by atomic mass is 32.1. The van der Waals surface area contributed by atoms with Crippen LogP contribution in [0.3, 0.4) is 0 Å². The van der Waals surface area contributed by atoms with Crippen molar-refractivity contribution in [2.45, 2.75) is 0 Å². The standard InChI is InChI=1S/C20H14FN3O5S/c21-15-8-5-13(6-9-15)16-12-30-20(22-16)23-18(25)11-29-19(26)10-7-14-3-1-2-4-17(14)24(27)28/h1-10,12H,11H2,(H,22,23,25). The number of carbonyl (C=O) groups excluding carboxylic acids is 2. The van der Waals surface area contributed by atoms with Gasteiger partial charge in [-0.1, -0.05) is 12.1 Å². The van der Waals surface area contributed by atoms with Gasteiger partial charge >= 0.3 is 5.97 Å². The van der Waals surface area contributed by atoms with E-state index in [2.05, 4.69) is 10.3 Å². The van der Waals surface area contributed by atoms with Crippen LogP contribution in [-0.2, 0) is 14.3 Å². The van der Waals surface area contributed by atoms with Crippen molar-refractivity contribution >= 4 is 40.1 Å². The number of nitrogens with zero attached hydrogens (tertiary/aromatic N) is 2. The number of thiazole rings is 1. The van der Waals surface area contributed by atoms with Gasteiger partial charge in [0.05, 0.1) is 16.2 Å². The number of nitro benzene ring substituents is 1. The van der Waals surface area contributed by atoms with Crippen LogP contribution in [0.2, 0.25) is 0 Å². The third kappa shape index (κ3) is 5.55. The van der Waals surface area contributed by atoms with Crippen LogP contribution in [-0.4, -0.2) is 28.4 Å². The Balaban J connectivity index is 1.52. The van der Waals surface area contributed by atoms with Crippen molar-refractivity contribution in [1.29, 1.82) is 0 Å². The highest BCUT2D eigenvalue weighted by molar-refractivity contribution is 7.14. The van der Waals surface area contributed by atoms with Crippen molar-refractivity contribution in [3.8, 4) is 11.3 Å². The molecule has 0 aliphatic carbocycles. The van der Waals surface area contributed by atoms with Crippen molar-refractivity contribution in [2.24, 2.45) is 0 Å². The molecular weight excluding hydrogens is 413 g/mol. The predicted octanol–water partition coefficient (Wildman–Crippen LogP) is 4.05. The van der Waals surface area contributed by atoms with Crippen molar-refractivity contribution in [3.63, 3.8) is 0 Å². The molecule has 0 saturated carbocycles. The van der Waals surface area contributed by atoms with Crippen LogP contribution in [0, 0.1) is 15.9 Å². The molecule has 0 atom stereocenters. The van der Waals surface area contributed by atoms with Gasteiger partial charge in [0.2, 0.25) is 0 Å². The molecule has 30 heavy (non-hydrogen) atoms. The summed E-state index contributed by atoms with van der Waals surface area (Å²) < 4.78 is 17.8. The maximum Gasteiger partial charge on any atom is 0.331 e. The summed E-state index contributed by atoms with van der Waals surface area (Å²) in [6, 6.07) is 11.7. The van der Waals surface area contributed by atoms with Gasteiger partial charge in [-0.2, -0.15) is 0 Å². The second-order valence-corrected chi connectivity index (χ2v) is 6.71. The number of para-hydroxylation sites is 1. The summed E-state index contributed by atoms with van der Waals surface area (Å²) in [7, 11) is 0. The minimum atomic E-state index is -0.825. The molecule has 1 amide bonds. The van der Waals surface area contributed by atoms with Gasteiger partial charge in [-0.05, 0) is 36.4 Å². The average Bonchev–Trinajstić information content (AvgIpc) is 3.19. The summed E-state index contributed by atoms with van der Waals surface area (Å²) in [5.41, 5.74) is 1.35. The molecule has 0 bridgehead atoms. The normalized spacial score (nSPS) is 10.7. The van der Waals surface area contributed by atoms with E-state index in [1.807, 2.05) is 0 Å². The number of hydrogen-bond donors (Lipinski definition) is 1. The molecule has 1 aromatic heterocycles. The Labute approximate surface area is 173 Å². The van der Waals surface area contributed by atoms with E-state index in [1.165, 1.54) is 47.7 Å². The molecule has 3 aromatic rings. The summed E-state index contributed by atoms with van der Waals surface area (Å²) in [6.45, 7) is -0.550. The van der Waals surface area contributed by atoms with E-state index in [4.69, 9.17) is 4.74 Å². The first kappa shape index (κ1) is 20.8. The van der Waals surface area contributed by atoms with E-state index in [1.54, 1.807) is 23.6 Å². The van der Waals surface area contributed by atoms with Crippen LogP contribution >= 0.6 is 11.3 Å². The van der Waals surface area contributed by atoms with Gasteiger partial charge in [-0.3, -0.25) is 20.2 Å². The van der Waals surface area contributed by atoms with E-state index < -0.39 is 23.4 Å². The van der Waals surface area contributed by atoms with E-state index in [0.29, 0.717) is 16.4 Å². The van der Waals surface area contributed by atoms with Crippen LogP contribution < -0.4 is 5.32 Å². The van der Waals surface area contributed by atoms with Crippen molar-refractivity contribution < 1.29 is 23.6 Å². The topological polar surface area (TPSA) is 111 Å². The van der Waals surface area contributed by atoms with E-state index in [0.717, 1.165) is 6.08 Å². The third-order valence-corrected chi connectivity index (χ3v) is 4.53. The fourth-order valence-electron chi connectivity index (χ4n) is 2.38. The number of nitrogens with one attached hydrogen (secondary N) is 1. The van der Waals surface area contributed by atoms with Gasteiger partial charge in [0.15, 0.2) is 11.7 Å². The molecule has 0 aliphatic rings. The average molecular weight is 427 g/mol. The molecule has 0 unspecified atom stereocenters. The fourth-order valence-corrected chi connectivity index (χ4v) is 3.11. The number of nitro groups is 1. The summed E-state index contributed by atoms with van der Waals surface area (Å²) >= 11 is 1.17. The van der Waals surface area contributed by atoms with Crippen LogP contribution in [0.25, 0.3) is 17.3 Å². The van der Waals surface area contributed by atoms with E-state index >= 15 is 0 Å². The lowest BCUT2D eigenvalue weighted by Crippen LogP contribution is -2.20. The first-order valence-corrected chi connectivity index (χ1v) is 9.40. The number of hydrogen-bond acceptors (Lipinski definition) is 7. The number of amides is 1. The summed E-state index contributed by atoms with van der Waals surface area (Å²) in [5.74, 6) is -1.78. The van der Waals surface area contributed by atoms with Gasteiger partial charge in [0, 0.05) is 23.1 Å². The molecular formula is C20H14FN3O5S. The lowest BCUT2D eigenvalue weighted by atomic mass is 10.1. The van der Waals surface area contributed by atoms with Crippen molar-refractivity contribution in [3.05, 3.63) is 81.5 Å². The number of carbonyl (C=O) groups is 2. The van der Waals surface area contributed by atoms with Crippen LogP contribution in [0.5, 0.6) is 0 Å². The number of rotatable bonds is 7. The first-order chi connectivity index (χ1) is 14.4. The monoisotopic (exact) mass is 427 g/mol. The zero-order valence-corrected chi connectivity index (χ0v) is 16.1. The van der Waals surface area contributed by atoms with Gasteiger partial charge in [-0.15, -0.1) is 11.3 Å². The zero-order valence-electron chi connectivity index (χ0n) is 15.3. The minimum Gasteiger partial charge on any atom is -0.452 e. The molecule has 152 valence electrons. The highest BCUT2D eigenvalue weighted by Gasteiger charge is 2.12. The molecule has 10 heteroatoms. The molecule has 0 fully saturated rings. The van der Waals surface area contributed by atoms with Crippen molar-refractivity contribution in [1.82, 2.24) is 4.98 Å². The van der Waals surface area contributed by atoms with Gasteiger partial charge in [-0.25, -0.2) is 14.2 Å². The maximum atomic E-state index is 13.0. The summed E-state index contributed by atoms with van der Waals surface area (Å²) in [5, 5.41) is 15.4. The van der Waals surface area contributed by atoms with Gasteiger partial charge < -0.3 is 4.74 Å². The quantitative estimate of drug-likeness (QED) is 0.263. The number of benzene rings is 2. The maximum absolute atomic E-state index is 13.0.